The molecule has 2 rings (SSSR count). The van der Waals surface area contributed by atoms with Gasteiger partial charge in [-0.1, -0.05) is 22.0 Å². The van der Waals surface area contributed by atoms with Crippen LogP contribution in [0.15, 0.2) is 22.7 Å². The van der Waals surface area contributed by atoms with Gasteiger partial charge in [0.2, 0.25) is 0 Å². The lowest BCUT2D eigenvalue weighted by molar-refractivity contribution is -0.385. The lowest BCUT2D eigenvalue weighted by Crippen LogP contribution is -2.43. The summed E-state index contributed by atoms with van der Waals surface area (Å²) < 4.78 is 0.751. The zero-order valence-corrected chi connectivity index (χ0v) is 11.6. The van der Waals surface area contributed by atoms with Crippen molar-refractivity contribution in [3.05, 3.63) is 38.3 Å². The molecule has 1 aliphatic rings. The number of thioether (sulfide) groups is 1. The van der Waals surface area contributed by atoms with Gasteiger partial charge in [0.1, 0.15) is 0 Å². The third-order valence-electron chi connectivity index (χ3n) is 2.72. The van der Waals surface area contributed by atoms with Gasteiger partial charge in [-0.05, 0) is 30.8 Å². The van der Waals surface area contributed by atoms with E-state index < -0.39 is 0 Å². The summed E-state index contributed by atoms with van der Waals surface area (Å²) in [6.45, 7) is 2.16. The Morgan fingerprint density at radius 1 is 1.53 bits per heavy atom. The number of hydrogen-bond acceptors (Lipinski definition) is 4. The van der Waals surface area contributed by atoms with Gasteiger partial charge >= 0.3 is 0 Å². The first-order chi connectivity index (χ1) is 8.16. The minimum absolute atomic E-state index is 0.207. The normalized spacial score (nSPS) is 15.6. The summed E-state index contributed by atoms with van der Waals surface area (Å²) in [4.78, 5) is 10.6. The van der Waals surface area contributed by atoms with Crippen molar-refractivity contribution in [3.8, 4) is 0 Å². The van der Waals surface area contributed by atoms with Crippen LogP contribution in [0, 0.1) is 16.0 Å². The van der Waals surface area contributed by atoms with Crippen molar-refractivity contribution in [2.45, 2.75) is 5.75 Å². The third kappa shape index (κ3) is 3.43. The molecule has 0 saturated carbocycles. The van der Waals surface area contributed by atoms with Crippen LogP contribution in [0.25, 0.3) is 0 Å². The number of halogens is 1. The number of hydrogen-bond donors (Lipinski definition) is 1. The Morgan fingerprint density at radius 2 is 2.29 bits per heavy atom. The smallest absolute Gasteiger partial charge is 0.274 e. The molecule has 0 amide bonds. The van der Waals surface area contributed by atoms with E-state index in [0.29, 0.717) is 5.75 Å². The summed E-state index contributed by atoms with van der Waals surface area (Å²) in [5.41, 5.74) is 1.01. The number of nitro groups is 1. The van der Waals surface area contributed by atoms with E-state index in [1.165, 1.54) is 0 Å². The number of nitrogens with one attached hydrogen (secondary N) is 1. The maximum Gasteiger partial charge on any atom is 0.274 e. The van der Waals surface area contributed by atoms with Crippen molar-refractivity contribution in [2.75, 3.05) is 18.8 Å². The fraction of sp³-hybridized carbons (Fsp3) is 0.455. The summed E-state index contributed by atoms with van der Waals surface area (Å²) in [6.07, 6.45) is 0. The predicted molar refractivity (Wildman–Crippen MR) is 73.3 cm³/mol. The Morgan fingerprint density at radius 3 is 2.88 bits per heavy atom. The minimum atomic E-state index is -0.314. The Hall–Kier alpha value is -0.590. The molecule has 6 heteroatoms. The van der Waals surface area contributed by atoms with E-state index in [1.54, 1.807) is 17.8 Å². The van der Waals surface area contributed by atoms with Gasteiger partial charge in [0, 0.05) is 21.9 Å². The standard InChI is InChI=1S/C11H13BrN2O2S/c12-10-2-1-9(11(3-10)14(15)16)7-17-6-8-4-13-5-8/h1-3,8,13H,4-7H2. The van der Waals surface area contributed by atoms with Gasteiger partial charge in [-0.3, -0.25) is 10.1 Å². The van der Waals surface area contributed by atoms with Crippen LogP contribution in [0.5, 0.6) is 0 Å². The van der Waals surface area contributed by atoms with E-state index in [-0.39, 0.29) is 10.6 Å². The molecular weight excluding hydrogens is 304 g/mol. The molecule has 1 aromatic carbocycles. The van der Waals surface area contributed by atoms with Gasteiger partial charge in [0.25, 0.3) is 5.69 Å². The van der Waals surface area contributed by atoms with E-state index in [1.807, 2.05) is 12.1 Å². The summed E-state index contributed by atoms with van der Waals surface area (Å²) in [5, 5.41) is 14.1. The van der Waals surface area contributed by atoms with Crippen molar-refractivity contribution in [1.82, 2.24) is 5.32 Å². The van der Waals surface area contributed by atoms with Gasteiger partial charge in [0.15, 0.2) is 0 Å². The average molecular weight is 317 g/mol. The molecule has 1 aromatic rings. The zero-order chi connectivity index (χ0) is 12.3. The SMILES string of the molecule is O=[N+]([O-])c1cc(Br)ccc1CSCC1CNC1. The van der Waals surface area contributed by atoms with Crippen LogP contribution in [0.3, 0.4) is 0 Å². The summed E-state index contributed by atoms with van der Waals surface area (Å²) in [5.74, 6) is 2.51. The third-order valence-corrected chi connectivity index (χ3v) is 4.44. The van der Waals surface area contributed by atoms with Gasteiger partial charge in [-0.2, -0.15) is 11.8 Å². The molecule has 1 N–H and O–H groups in total. The molecule has 0 unspecified atom stereocenters. The van der Waals surface area contributed by atoms with Gasteiger partial charge in [-0.15, -0.1) is 0 Å². The highest BCUT2D eigenvalue weighted by Gasteiger charge is 2.18. The molecule has 1 aliphatic heterocycles. The highest BCUT2D eigenvalue weighted by molar-refractivity contribution is 9.10. The van der Waals surface area contributed by atoms with Crippen molar-refractivity contribution < 1.29 is 4.92 Å². The maximum absolute atomic E-state index is 10.9. The van der Waals surface area contributed by atoms with Crippen LogP contribution in [0.2, 0.25) is 0 Å². The topological polar surface area (TPSA) is 55.2 Å². The van der Waals surface area contributed by atoms with Gasteiger partial charge in [0.05, 0.1) is 4.92 Å². The minimum Gasteiger partial charge on any atom is -0.316 e. The van der Waals surface area contributed by atoms with Crippen molar-refractivity contribution in [3.63, 3.8) is 0 Å². The number of nitrogens with zero attached hydrogens (tertiary/aromatic N) is 1. The van der Waals surface area contributed by atoms with Crippen molar-refractivity contribution in [1.29, 1.82) is 0 Å². The molecule has 0 spiro atoms. The first-order valence-corrected chi connectivity index (χ1v) is 7.33. The summed E-state index contributed by atoms with van der Waals surface area (Å²) in [7, 11) is 0. The van der Waals surface area contributed by atoms with Crippen molar-refractivity contribution >= 4 is 33.4 Å². The molecule has 0 bridgehead atoms. The van der Waals surface area contributed by atoms with Crippen LogP contribution in [0.4, 0.5) is 5.69 Å². The highest BCUT2D eigenvalue weighted by Crippen LogP contribution is 2.27. The second kappa shape index (κ2) is 5.84. The maximum atomic E-state index is 10.9. The van der Waals surface area contributed by atoms with Crippen LogP contribution >= 0.6 is 27.7 Å². The van der Waals surface area contributed by atoms with Crippen molar-refractivity contribution in [2.24, 2.45) is 5.92 Å². The first kappa shape index (κ1) is 12.9. The van der Waals surface area contributed by atoms with Gasteiger partial charge < -0.3 is 5.32 Å². The largest absolute Gasteiger partial charge is 0.316 e. The Bertz CT molecular complexity index is 424. The number of rotatable bonds is 5. The van der Waals surface area contributed by atoms with Crippen LogP contribution in [0.1, 0.15) is 5.56 Å². The Kier molecular flexibility index (Phi) is 4.42. The van der Waals surface area contributed by atoms with Crippen LogP contribution < -0.4 is 5.32 Å². The average Bonchev–Trinajstić information content (AvgIpc) is 2.23. The lowest BCUT2D eigenvalue weighted by Gasteiger charge is -2.26. The number of benzene rings is 1. The van der Waals surface area contributed by atoms with E-state index in [4.69, 9.17) is 0 Å². The molecule has 1 heterocycles. The molecule has 0 atom stereocenters. The first-order valence-electron chi connectivity index (χ1n) is 5.38. The monoisotopic (exact) mass is 316 g/mol. The molecule has 4 nitrogen and oxygen atoms in total. The molecule has 0 aliphatic carbocycles. The summed E-state index contributed by atoms with van der Waals surface area (Å²) in [6, 6.07) is 5.25. The lowest BCUT2D eigenvalue weighted by atomic mass is 10.1. The second-order valence-electron chi connectivity index (χ2n) is 4.07. The Labute approximate surface area is 112 Å². The molecule has 1 fully saturated rings. The second-order valence-corrected chi connectivity index (χ2v) is 6.02. The van der Waals surface area contributed by atoms with E-state index in [2.05, 4.69) is 21.2 Å². The quantitative estimate of drug-likeness (QED) is 0.670. The number of nitro benzene ring substituents is 1. The molecule has 0 aromatic heterocycles. The molecule has 92 valence electrons. The summed E-state index contributed by atoms with van der Waals surface area (Å²) >= 11 is 5.02. The molecular formula is C11H13BrN2O2S. The molecule has 1 saturated heterocycles. The molecule has 0 radical (unpaired) electrons. The fourth-order valence-corrected chi connectivity index (χ4v) is 3.13. The fourth-order valence-electron chi connectivity index (χ4n) is 1.63. The van der Waals surface area contributed by atoms with Gasteiger partial charge in [-0.25, -0.2) is 0 Å². The molecule has 17 heavy (non-hydrogen) atoms. The predicted octanol–water partition coefficient (Wildman–Crippen LogP) is 2.81. The zero-order valence-electron chi connectivity index (χ0n) is 9.19. The van der Waals surface area contributed by atoms with Crippen LogP contribution in [-0.2, 0) is 5.75 Å². The van der Waals surface area contributed by atoms with Crippen LogP contribution in [-0.4, -0.2) is 23.8 Å². The van der Waals surface area contributed by atoms with E-state index >= 15 is 0 Å². The Balaban J connectivity index is 1.96. The van der Waals surface area contributed by atoms with E-state index in [0.717, 1.165) is 34.8 Å². The highest BCUT2D eigenvalue weighted by atomic mass is 79.9. The van der Waals surface area contributed by atoms with E-state index in [9.17, 15) is 10.1 Å².